The van der Waals surface area contributed by atoms with E-state index in [9.17, 15) is 14.9 Å². The molecule has 6 aliphatic rings. The Bertz CT molecular complexity index is 4390. The number of pyridine rings is 2. The number of anilines is 2. The molecule has 10 heterocycles. The maximum atomic E-state index is 18.1. The number of fused-ring (bicyclic) bond motifs is 6. The minimum absolute atomic E-state index is 0.00605. The second-order valence-corrected chi connectivity index (χ2v) is 26.4. The van der Waals surface area contributed by atoms with Crippen LogP contribution in [0.2, 0.25) is 15.1 Å². The third-order valence-corrected chi connectivity index (χ3v) is 20.8. The molecule has 8 aromatic rings. The SMILES string of the molecule is C=CC(=O)N1CC[C@@H](N(C)c2nc(OC[C@@]34CCC(c5ccc(Cl)c6c(-c7ncc8c(N(CCC#N)[C@@H]9CCN(C(=O)C=C)C9)nc(OC[C@@]9%10CCCN9C[C@H](F)C%10)nc8c7F)cccc56)N3C[C@H](F)C4)nc3c(F)c(-c4cccc5cc(Cl)cc(Cl)c45)ncc23)C1. The van der Waals surface area contributed by atoms with Gasteiger partial charge in [-0.05, 0) is 91.8 Å². The van der Waals surface area contributed by atoms with Gasteiger partial charge in [0.2, 0.25) is 11.8 Å². The Morgan fingerprint density at radius 3 is 2.03 bits per heavy atom. The van der Waals surface area contributed by atoms with E-state index in [-0.39, 0.29) is 121 Å². The highest BCUT2D eigenvalue weighted by atomic mass is 35.5. The van der Waals surface area contributed by atoms with Gasteiger partial charge in [0.1, 0.15) is 59.6 Å². The lowest BCUT2D eigenvalue weighted by Crippen LogP contribution is -2.44. The summed E-state index contributed by atoms with van der Waals surface area (Å²) < 4.78 is 80.1. The van der Waals surface area contributed by atoms with Crippen molar-refractivity contribution in [2.24, 2.45) is 0 Å². The number of likely N-dealkylation sites (tertiary alicyclic amines) is 2. The molecule has 0 spiro atoms. The van der Waals surface area contributed by atoms with E-state index < -0.39 is 35.1 Å². The number of halogens is 7. The zero-order chi connectivity index (χ0) is 63.9. The molecule has 14 rings (SSSR count). The summed E-state index contributed by atoms with van der Waals surface area (Å²) in [5, 5.41) is 14.0. The van der Waals surface area contributed by atoms with Gasteiger partial charge in [-0.3, -0.25) is 29.4 Å². The highest BCUT2D eigenvalue weighted by molar-refractivity contribution is 6.39. The van der Waals surface area contributed by atoms with Gasteiger partial charge in [0.15, 0.2) is 11.6 Å². The van der Waals surface area contributed by atoms with E-state index in [1.807, 2.05) is 35.0 Å². The van der Waals surface area contributed by atoms with Crippen LogP contribution in [0.3, 0.4) is 0 Å². The van der Waals surface area contributed by atoms with Crippen molar-refractivity contribution in [1.29, 1.82) is 5.26 Å². The number of ether oxygens (including phenoxy) is 2. The molecular formula is C68H64Cl3F4N13O4. The van der Waals surface area contributed by atoms with E-state index in [2.05, 4.69) is 34.0 Å². The van der Waals surface area contributed by atoms with Gasteiger partial charge in [-0.25, -0.2) is 17.6 Å². The van der Waals surface area contributed by atoms with Crippen molar-refractivity contribution in [3.63, 3.8) is 0 Å². The van der Waals surface area contributed by atoms with Crippen LogP contribution in [0.4, 0.5) is 29.2 Å². The molecule has 0 bridgehead atoms. The fourth-order valence-corrected chi connectivity index (χ4v) is 16.5. The van der Waals surface area contributed by atoms with Crippen molar-refractivity contribution in [3.05, 3.63) is 131 Å². The molecule has 1 unspecified atom stereocenters. The number of amides is 2. The highest BCUT2D eigenvalue weighted by Crippen LogP contribution is 2.52. The predicted octanol–water partition coefficient (Wildman–Crippen LogP) is 12.6. The number of carbonyl (C=O) groups is 2. The number of nitriles is 1. The van der Waals surface area contributed by atoms with E-state index in [0.717, 1.165) is 24.9 Å². The van der Waals surface area contributed by atoms with Crippen LogP contribution >= 0.6 is 34.8 Å². The first-order chi connectivity index (χ1) is 44.5. The fourth-order valence-electron chi connectivity index (χ4n) is 15.6. The fraction of sp³-hybridized carbons (Fsp3) is 0.397. The maximum absolute atomic E-state index is 18.1. The molecule has 474 valence electrons. The number of alkyl halides is 2. The Morgan fingerprint density at radius 2 is 1.34 bits per heavy atom. The molecule has 4 aromatic carbocycles. The molecule has 0 radical (unpaired) electrons. The zero-order valence-electron chi connectivity index (χ0n) is 50.4. The van der Waals surface area contributed by atoms with Crippen LogP contribution in [-0.2, 0) is 9.59 Å². The summed E-state index contributed by atoms with van der Waals surface area (Å²) in [6.07, 6.45) is 7.64. The van der Waals surface area contributed by atoms with Crippen molar-refractivity contribution in [2.75, 3.05) is 82.4 Å². The summed E-state index contributed by atoms with van der Waals surface area (Å²) in [5.74, 6) is -1.35. The molecule has 0 aliphatic carbocycles. The van der Waals surface area contributed by atoms with Gasteiger partial charge in [0.25, 0.3) is 0 Å². The van der Waals surface area contributed by atoms with Crippen LogP contribution in [0.15, 0.2) is 98.4 Å². The maximum Gasteiger partial charge on any atom is 0.319 e. The van der Waals surface area contributed by atoms with Crippen LogP contribution in [0.1, 0.15) is 69.4 Å². The first-order valence-electron chi connectivity index (χ1n) is 31.1. The normalized spacial score (nSPS) is 23.8. The third kappa shape index (κ3) is 10.7. The summed E-state index contributed by atoms with van der Waals surface area (Å²) in [6, 6.07) is 18.9. The lowest BCUT2D eigenvalue weighted by atomic mass is 9.92. The van der Waals surface area contributed by atoms with E-state index in [4.69, 9.17) is 69.2 Å². The Morgan fingerprint density at radius 1 is 0.717 bits per heavy atom. The van der Waals surface area contributed by atoms with Gasteiger partial charge in [-0.15, -0.1) is 0 Å². The number of nitrogens with zero attached hydrogens (tertiary/aromatic N) is 13. The number of hydrogen-bond donors (Lipinski definition) is 0. The minimum atomic E-state index is -1.24. The number of aromatic nitrogens is 6. The van der Waals surface area contributed by atoms with Crippen LogP contribution < -0.4 is 19.3 Å². The monoisotopic (exact) mass is 1310 g/mol. The second-order valence-electron chi connectivity index (χ2n) is 25.1. The van der Waals surface area contributed by atoms with Gasteiger partial charge < -0.3 is 29.1 Å². The highest BCUT2D eigenvalue weighted by Gasteiger charge is 2.55. The van der Waals surface area contributed by atoms with E-state index in [1.165, 1.54) is 24.5 Å². The molecule has 6 aliphatic heterocycles. The Kier molecular flexibility index (Phi) is 16.4. The number of rotatable bonds is 17. The molecular weight excluding hydrogens is 1250 g/mol. The number of carbonyl (C=O) groups excluding carboxylic acids is 2. The molecule has 7 atom stereocenters. The van der Waals surface area contributed by atoms with E-state index in [0.29, 0.717) is 117 Å². The quantitative estimate of drug-likeness (QED) is 0.0622. The number of hydrogen-bond acceptors (Lipinski definition) is 15. The number of benzene rings is 4. The van der Waals surface area contributed by atoms with Crippen LogP contribution in [0, 0.1) is 23.0 Å². The second kappa shape index (κ2) is 24.5. The summed E-state index contributed by atoms with van der Waals surface area (Å²) >= 11 is 20.4. The Hall–Kier alpha value is -8.00. The molecule has 0 saturated carbocycles. The lowest BCUT2D eigenvalue weighted by molar-refractivity contribution is -0.125. The molecule has 92 heavy (non-hydrogen) atoms. The molecule has 6 fully saturated rings. The molecule has 24 heteroatoms. The van der Waals surface area contributed by atoms with Gasteiger partial charge in [-0.1, -0.05) is 90.4 Å². The summed E-state index contributed by atoms with van der Waals surface area (Å²) in [7, 11) is 1.83. The minimum Gasteiger partial charge on any atom is -0.461 e. The van der Waals surface area contributed by atoms with Crippen molar-refractivity contribution in [1.82, 2.24) is 49.5 Å². The van der Waals surface area contributed by atoms with E-state index >= 15 is 17.6 Å². The Labute approximate surface area is 543 Å². The van der Waals surface area contributed by atoms with Crippen molar-refractivity contribution in [3.8, 4) is 40.6 Å². The van der Waals surface area contributed by atoms with Crippen LogP contribution in [0.5, 0.6) is 12.0 Å². The topological polar surface area (TPSA) is 173 Å². The third-order valence-electron chi connectivity index (χ3n) is 20.0. The lowest BCUT2D eigenvalue weighted by Gasteiger charge is -2.35. The molecule has 4 aromatic heterocycles. The average Bonchev–Trinajstić information content (AvgIpc) is 1.51. The van der Waals surface area contributed by atoms with Gasteiger partial charge in [0.05, 0.1) is 39.4 Å². The molecule has 2 amide bonds. The zero-order valence-corrected chi connectivity index (χ0v) is 52.7. The predicted molar refractivity (Wildman–Crippen MR) is 347 cm³/mol. The smallest absolute Gasteiger partial charge is 0.319 e. The molecule has 17 nitrogen and oxygen atoms in total. The van der Waals surface area contributed by atoms with Crippen molar-refractivity contribution >= 4 is 102 Å². The summed E-state index contributed by atoms with van der Waals surface area (Å²) in [5.41, 5.74) is -0.0495. The molecule has 0 N–H and O–H groups in total. The Balaban J connectivity index is 0.811. The van der Waals surface area contributed by atoms with Gasteiger partial charge >= 0.3 is 12.0 Å². The van der Waals surface area contributed by atoms with Crippen molar-refractivity contribution in [2.45, 2.75) is 99.3 Å². The summed E-state index contributed by atoms with van der Waals surface area (Å²) in [6.45, 7) is 10.2. The first kappa shape index (κ1) is 61.5. The first-order valence-corrected chi connectivity index (χ1v) is 32.2. The van der Waals surface area contributed by atoms with Crippen LogP contribution in [0.25, 0.3) is 65.9 Å². The largest absolute Gasteiger partial charge is 0.461 e. The van der Waals surface area contributed by atoms with Gasteiger partial charge in [0, 0.05) is 128 Å². The van der Waals surface area contributed by atoms with Gasteiger partial charge in [-0.2, -0.15) is 25.2 Å². The number of likely N-dealkylation sites (N-methyl/N-ethyl adjacent to an activating group) is 1. The average molecular weight is 1310 g/mol. The molecule has 6 saturated heterocycles. The summed E-state index contributed by atoms with van der Waals surface area (Å²) in [4.78, 5) is 65.8. The standard InChI is InChI=1S/C68H64Cl3F4N13O4/c1-4-53(89)84-24-17-42(34-84)83(3)63-48-30-77-59(46-12-6-10-38-26-39(69)27-51(71)55(38)46)57(74)61(48)79-65(81-63)92-37-68-20-16-52(88(68)33-41(73)29-68)44-14-15-50(70)56-45(44)11-7-13-47(56)60-58(75)62-49(31-78-60)64(87(23-9-21-76)43-18-25-85(35-43)54(90)5-2)82-66(80-62)91-36-67-19-8-22-86(67)32-40(72)28-67/h4-7,10-15,26-27,30-31,40-43,52H,1-2,8-9,16-20,22-25,28-29,32-37H2,3H3/t40-,41-,42-,43-,52?,67+,68+/m1/s1. The van der Waals surface area contributed by atoms with Crippen LogP contribution in [-0.4, -0.2) is 169 Å². The van der Waals surface area contributed by atoms with E-state index in [1.54, 1.807) is 52.3 Å². The van der Waals surface area contributed by atoms with Crippen molar-refractivity contribution < 1.29 is 36.6 Å².